The zero-order chi connectivity index (χ0) is 22.7. The van der Waals surface area contributed by atoms with Gasteiger partial charge in [0.25, 0.3) is 0 Å². The lowest BCUT2D eigenvalue weighted by molar-refractivity contribution is -0.137. The van der Waals surface area contributed by atoms with Crippen molar-refractivity contribution in [3.8, 4) is 0 Å². The number of carbonyl (C=O) groups excluding carboxylic acids is 1. The first kappa shape index (κ1) is 22.2. The van der Waals surface area contributed by atoms with Crippen molar-refractivity contribution in [3.63, 3.8) is 0 Å². The highest BCUT2D eigenvalue weighted by Gasteiger charge is 2.30. The molecule has 164 valence electrons. The van der Waals surface area contributed by atoms with Crippen molar-refractivity contribution in [3.05, 3.63) is 89.2 Å². The van der Waals surface area contributed by atoms with Crippen molar-refractivity contribution in [2.75, 3.05) is 5.32 Å². The summed E-state index contributed by atoms with van der Waals surface area (Å²) in [4.78, 5) is 18.3. The van der Waals surface area contributed by atoms with Crippen molar-refractivity contribution in [2.24, 2.45) is 0 Å². The van der Waals surface area contributed by atoms with Crippen molar-refractivity contribution in [1.82, 2.24) is 9.55 Å². The van der Waals surface area contributed by atoms with Crippen LogP contribution in [0.1, 0.15) is 11.4 Å². The number of hydrogen-bond acceptors (Lipinski definition) is 3. The maximum atomic E-state index is 13.0. The minimum Gasteiger partial charge on any atom is -0.325 e. The van der Waals surface area contributed by atoms with Gasteiger partial charge in [0.2, 0.25) is 5.91 Å². The van der Waals surface area contributed by atoms with Crippen LogP contribution in [0, 0.1) is 0 Å². The Morgan fingerprint density at radius 1 is 1.03 bits per heavy atom. The number of rotatable bonds is 6. The summed E-state index contributed by atoms with van der Waals surface area (Å²) in [6.45, 7) is -0.0761. The predicted molar refractivity (Wildman–Crippen MR) is 121 cm³/mol. The van der Waals surface area contributed by atoms with Crippen LogP contribution in [0.4, 0.5) is 18.9 Å². The molecule has 0 unspecified atom stereocenters. The molecule has 0 spiro atoms. The van der Waals surface area contributed by atoms with Crippen LogP contribution in [0.5, 0.6) is 0 Å². The number of anilines is 1. The van der Waals surface area contributed by atoms with Crippen molar-refractivity contribution in [1.29, 1.82) is 0 Å². The van der Waals surface area contributed by atoms with E-state index in [1.54, 1.807) is 28.5 Å². The summed E-state index contributed by atoms with van der Waals surface area (Å²) in [5.41, 5.74) is 0.791. The number of nitrogens with zero attached hydrogens (tertiary/aromatic N) is 2. The Morgan fingerprint density at radius 3 is 2.53 bits per heavy atom. The number of amides is 1. The van der Waals surface area contributed by atoms with E-state index < -0.39 is 17.6 Å². The molecule has 0 aliphatic heterocycles. The van der Waals surface area contributed by atoms with Gasteiger partial charge in [-0.2, -0.15) is 13.2 Å². The maximum Gasteiger partial charge on any atom is 0.416 e. The SMILES string of the molecule is O=C(Cn1c(CSc2ccc(Cl)cc2)nc2ccccc21)Nc1cccc(C(F)(F)F)c1. The van der Waals surface area contributed by atoms with E-state index in [0.29, 0.717) is 16.6 Å². The third kappa shape index (κ3) is 5.26. The smallest absolute Gasteiger partial charge is 0.325 e. The van der Waals surface area contributed by atoms with Gasteiger partial charge in [0.15, 0.2) is 0 Å². The lowest BCUT2D eigenvalue weighted by Crippen LogP contribution is -2.20. The van der Waals surface area contributed by atoms with E-state index in [2.05, 4.69) is 10.3 Å². The normalized spacial score (nSPS) is 11.6. The van der Waals surface area contributed by atoms with Crippen molar-refractivity contribution in [2.45, 2.75) is 23.4 Å². The van der Waals surface area contributed by atoms with Gasteiger partial charge in [-0.1, -0.05) is 29.8 Å². The summed E-state index contributed by atoms with van der Waals surface area (Å²) in [6.07, 6.45) is -4.48. The molecular formula is C23H17ClF3N3OS. The first-order valence-corrected chi connectivity index (χ1v) is 11.0. The predicted octanol–water partition coefficient (Wildman–Crippen LogP) is 6.64. The van der Waals surface area contributed by atoms with Gasteiger partial charge >= 0.3 is 6.18 Å². The highest BCUT2D eigenvalue weighted by atomic mass is 35.5. The van der Waals surface area contributed by atoms with Crippen LogP contribution in [0.15, 0.2) is 77.7 Å². The molecule has 4 nitrogen and oxygen atoms in total. The number of benzene rings is 3. The minimum atomic E-state index is -4.48. The molecule has 0 saturated carbocycles. The summed E-state index contributed by atoms with van der Waals surface area (Å²) >= 11 is 7.48. The van der Waals surface area contributed by atoms with E-state index in [4.69, 9.17) is 11.6 Å². The maximum absolute atomic E-state index is 13.0. The number of aromatic nitrogens is 2. The van der Waals surface area contributed by atoms with Gasteiger partial charge in [0, 0.05) is 15.6 Å². The number of carbonyl (C=O) groups is 1. The van der Waals surface area contributed by atoms with E-state index in [-0.39, 0.29) is 12.2 Å². The molecule has 1 aromatic heterocycles. The average molecular weight is 476 g/mol. The van der Waals surface area contributed by atoms with Crippen LogP contribution in [-0.2, 0) is 23.3 Å². The Labute approximate surface area is 191 Å². The second kappa shape index (κ2) is 9.26. The van der Waals surface area contributed by atoms with Crippen LogP contribution in [0.25, 0.3) is 11.0 Å². The number of thioether (sulfide) groups is 1. The molecular weight excluding hydrogens is 459 g/mol. The largest absolute Gasteiger partial charge is 0.416 e. The number of halogens is 4. The van der Waals surface area contributed by atoms with E-state index >= 15 is 0 Å². The van der Waals surface area contributed by atoms with Crippen LogP contribution in [0.3, 0.4) is 0 Å². The third-order valence-electron chi connectivity index (χ3n) is 4.69. The average Bonchev–Trinajstić information content (AvgIpc) is 3.10. The van der Waals surface area contributed by atoms with E-state index in [1.807, 2.05) is 36.4 Å². The number of hydrogen-bond donors (Lipinski definition) is 1. The van der Waals surface area contributed by atoms with Crippen molar-refractivity contribution >= 4 is 46.0 Å². The molecule has 9 heteroatoms. The number of alkyl halides is 3. The zero-order valence-electron chi connectivity index (χ0n) is 16.6. The Balaban J connectivity index is 1.54. The highest BCUT2D eigenvalue weighted by molar-refractivity contribution is 7.98. The second-order valence-electron chi connectivity index (χ2n) is 6.97. The van der Waals surface area contributed by atoms with Gasteiger partial charge in [-0.25, -0.2) is 4.98 Å². The molecule has 1 N–H and O–H groups in total. The number of para-hydroxylation sites is 2. The third-order valence-corrected chi connectivity index (χ3v) is 5.95. The molecule has 1 amide bonds. The first-order valence-electron chi connectivity index (χ1n) is 9.59. The molecule has 0 aliphatic carbocycles. The van der Waals surface area contributed by atoms with Gasteiger partial charge in [0.1, 0.15) is 12.4 Å². The highest BCUT2D eigenvalue weighted by Crippen LogP contribution is 2.31. The molecule has 4 aromatic rings. The molecule has 32 heavy (non-hydrogen) atoms. The lowest BCUT2D eigenvalue weighted by Gasteiger charge is -2.12. The molecule has 0 fully saturated rings. The molecule has 4 rings (SSSR count). The van der Waals surface area contributed by atoms with Gasteiger partial charge < -0.3 is 9.88 Å². The summed E-state index contributed by atoms with van der Waals surface area (Å²) in [6, 6.07) is 19.4. The molecule has 0 atom stereocenters. The molecule has 0 bridgehead atoms. The van der Waals surface area contributed by atoms with E-state index in [1.165, 1.54) is 12.1 Å². The van der Waals surface area contributed by atoms with Crippen LogP contribution in [-0.4, -0.2) is 15.5 Å². The topological polar surface area (TPSA) is 46.9 Å². The second-order valence-corrected chi connectivity index (χ2v) is 8.46. The van der Waals surface area contributed by atoms with Crippen LogP contribution in [0.2, 0.25) is 5.02 Å². The fourth-order valence-corrected chi connectivity index (χ4v) is 4.18. The Morgan fingerprint density at radius 2 is 1.78 bits per heavy atom. The van der Waals surface area contributed by atoms with Gasteiger partial charge in [-0.05, 0) is 54.6 Å². The van der Waals surface area contributed by atoms with E-state index in [9.17, 15) is 18.0 Å². The Bertz CT molecular complexity index is 1260. The summed E-state index contributed by atoms with van der Waals surface area (Å²) < 4.78 is 40.6. The summed E-state index contributed by atoms with van der Waals surface area (Å²) in [5, 5.41) is 3.20. The quantitative estimate of drug-likeness (QED) is 0.318. The van der Waals surface area contributed by atoms with Crippen LogP contribution < -0.4 is 5.32 Å². The zero-order valence-corrected chi connectivity index (χ0v) is 18.1. The van der Waals surface area contributed by atoms with Gasteiger partial charge in [-0.15, -0.1) is 11.8 Å². The van der Waals surface area contributed by atoms with Gasteiger partial charge in [-0.3, -0.25) is 4.79 Å². The van der Waals surface area contributed by atoms with Crippen molar-refractivity contribution < 1.29 is 18.0 Å². The van der Waals surface area contributed by atoms with Crippen LogP contribution >= 0.6 is 23.4 Å². The fraction of sp³-hybridized carbons (Fsp3) is 0.130. The number of fused-ring (bicyclic) bond motifs is 1. The monoisotopic (exact) mass is 475 g/mol. The standard InChI is InChI=1S/C23H17ClF3N3OS/c24-16-8-10-18(11-9-16)32-14-21-29-19-6-1-2-7-20(19)30(21)13-22(31)28-17-5-3-4-15(12-17)23(25,26)27/h1-12H,13-14H2,(H,28,31). The molecule has 0 aliphatic rings. The Hall–Kier alpha value is -2.97. The summed E-state index contributed by atoms with van der Waals surface area (Å²) in [7, 11) is 0. The first-order chi connectivity index (χ1) is 15.3. The molecule has 1 heterocycles. The van der Waals surface area contributed by atoms with Gasteiger partial charge in [0.05, 0.1) is 22.3 Å². The molecule has 0 radical (unpaired) electrons. The molecule has 0 saturated heterocycles. The lowest BCUT2D eigenvalue weighted by atomic mass is 10.2. The number of nitrogens with one attached hydrogen (secondary N) is 1. The number of imidazole rings is 1. The Kier molecular flexibility index (Phi) is 6.43. The van der Waals surface area contributed by atoms with E-state index in [0.717, 1.165) is 28.1 Å². The summed E-state index contributed by atoms with van der Waals surface area (Å²) in [5.74, 6) is 0.753. The molecule has 3 aromatic carbocycles. The fourth-order valence-electron chi connectivity index (χ4n) is 3.21. The minimum absolute atomic E-state index is 0.0761.